The smallest absolute Gasteiger partial charge is 0.407 e. The highest BCUT2D eigenvalue weighted by Gasteiger charge is 2.30. The fourth-order valence-corrected chi connectivity index (χ4v) is 4.37. The Labute approximate surface area is 191 Å². The van der Waals surface area contributed by atoms with E-state index in [1.807, 2.05) is 42.7 Å². The summed E-state index contributed by atoms with van der Waals surface area (Å²) in [4.78, 5) is 36.4. The maximum atomic E-state index is 12.5. The Morgan fingerprint density at radius 1 is 1.00 bits per heavy atom. The summed E-state index contributed by atoms with van der Waals surface area (Å²) < 4.78 is 5.49. The zero-order valence-electron chi connectivity index (χ0n) is 18.2. The minimum absolute atomic E-state index is 0.0787. The molecule has 0 saturated heterocycles. The maximum Gasteiger partial charge on any atom is 0.407 e. The van der Waals surface area contributed by atoms with Gasteiger partial charge in [0.25, 0.3) is 0 Å². The first kappa shape index (κ1) is 23.7. The van der Waals surface area contributed by atoms with Crippen LogP contribution in [0.1, 0.15) is 36.8 Å². The molecule has 170 valence electrons. The molecule has 0 bridgehead atoms. The van der Waals surface area contributed by atoms with Crippen LogP contribution in [-0.2, 0) is 14.3 Å². The van der Waals surface area contributed by atoms with E-state index in [9.17, 15) is 19.5 Å². The highest BCUT2D eigenvalue weighted by molar-refractivity contribution is 7.98. The minimum Gasteiger partial charge on any atom is -0.480 e. The fourth-order valence-electron chi connectivity index (χ4n) is 3.90. The van der Waals surface area contributed by atoms with Gasteiger partial charge in [0.1, 0.15) is 18.7 Å². The Bertz CT molecular complexity index is 935. The fraction of sp³-hybridized carbons (Fsp3) is 0.375. The molecular weight excluding hydrogens is 428 g/mol. The number of hydrogen-bond donors (Lipinski definition) is 3. The molecule has 0 aliphatic heterocycles. The van der Waals surface area contributed by atoms with Crippen LogP contribution in [0.3, 0.4) is 0 Å². The third-order valence-electron chi connectivity index (χ3n) is 5.59. The lowest BCUT2D eigenvalue weighted by atomic mass is 9.98. The van der Waals surface area contributed by atoms with Gasteiger partial charge in [-0.2, -0.15) is 11.8 Å². The van der Waals surface area contributed by atoms with Gasteiger partial charge in [0.05, 0.1) is 0 Å². The Hall–Kier alpha value is -3.00. The van der Waals surface area contributed by atoms with Crippen molar-refractivity contribution in [3.63, 3.8) is 0 Å². The van der Waals surface area contributed by atoms with Gasteiger partial charge < -0.3 is 20.5 Å². The monoisotopic (exact) mass is 456 g/mol. The second-order valence-electron chi connectivity index (χ2n) is 7.61. The zero-order chi connectivity index (χ0) is 23.1. The number of aliphatic carboxylic acids is 1. The van der Waals surface area contributed by atoms with Crippen molar-refractivity contribution in [2.24, 2.45) is 0 Å². The van der Waals surface area contributed by atoms with Gasteiger partial charge in [-0.25, -0.2) is 9.59 Å². The van der Waals surface area contributed by atoms with Crippen LogP contribution in [0.15, 0.2) is 48.5 Å². The van der Waals surface area contributed by atoms with E-state index >= 15 is 0 Å². The number of thioether (sulfide) groups is 1. The van der Waals surface area contributed by atoms with Gasteiger partial charge in [0.15, 0.2) is 0 Å². The molecule has 2 amide bonds. The van der Waals surface area contributed by atoms with Gasteiger partial charge in [0, 0.05) is 5.92 Å². The van der Waals surface area contributed by atoms with E-state index in [0.717, 1.165) is 22.3 Å². The molecule has 0 saturated carbocycles. The van der Waals surface area contributed by atoms with Crippen molar-refractivity contribution in [3.8, 4) is 11.1 Å². The molecule has 0 fully saturated rings. The van der Waals surface area contributed by atoms with Crippen LogP contribution < -0.4 is 10.6 Å². The van der Waals surface area contributed by atoms with E-state index in [0.29, 0.717) is 18.6 Å². The van der Waals surface area contributed by atoms with Crippen molar-refractivity contribution in [3.05, 3.63) is 59.7 Å². The van der Waals surface area contributed by atoms with Crippen molar-refractivity contribution in [2.75, 3.05) is 18.6 Å². The van der Waals surface area contributed by atoms with Crippen LogP contribution >= 0.6 is 11.8 Å². The SMILES string of the molecule is CC[C@@H](NC(=O)OCC1c2ccccc2-c2ccccc21)C(=O)N[C@H](CCSC)C(=O)O. The number of rotatable bonds is 10. The number of alkyl carbamates (subject to hydrolysis) is 1. The first-order chi connectivity index (χ1) is 15.5. The Balaban J connectivity index is 1.60. The summed E-state index contributed by atoms with van der Waals surface area (Å²) in [5.74, 6) is -1.10. The highest BCUT2D eigenvalue weighted by atomic mass is 32.2. The van der Waals surface area contributed by atoms with Gasteiger partial charge in [-0.15, -0.1) is 0 Å². The molecule has 0 spiro atoms. The Kier molecular flexibility index (Phi) is 8.16. The molecule has 0 aromatic heterocycles. The van der Waals surface area contributed by atoms with Crippen molar-refractivity contribution in [1.29, 1.82) is 0 Å². The van der Waals surface area contributed by atoms with E-state index in [2.05, 4.69) is 22.8 Å². The molecule has 32 heavy (non-hydrogen) atoms. The summed E-state index contributed by atoms with van der Waals surface area (Å²) in [6.07, 6.45) is 1.79. The standard InChI is InChI=1S/C24H28N2O5S/c1-3-20(22(27)25-21(23(28)29)12-13-32-2)26-24(30)31-14-19-17-10-6-4-8-15(17)16-9-5-7-11-18(16)19/h4-11,19-21H,3,12-14H2,1-2H3,(H,25,27)(H,26,30)(H,28,29)/t20-,21-/m1/s1. The molecule has 0 radical (unpaired) electrons. The number of nitrogens with one attached hydrogen (secondary N) is 2. The summed E-state index contributed by atoms with van der Waals surface area (Å²) in [5.41, 5.74) is 4.47. The molecule has 3 N–H and O–H groups in total. The van der Waals surface area contributed by atoms with Gasteiger partial charge in [-0.05, 0) is 47.1 Å². The molecule has 0 unspecified atom stereocenters. The van der Waals surface area contributed by atoms with Crippen LogP contribution in [0, 0.1) is 0 Å². The van der Waals surface area contributed by atoms with Crippen LogP contribution in [0.2, 0.25) is 0 Å². The number of carbonyl (C=O) groups excluding carboxylic acids is 2. The molecule has 8 heteroatoms. The van der Waals surface area contributed by atoms with E-state index in [1.54, 1.807) is 6.92 Å². The van der Waals surface area contributed by atoms with E-state index < -0.39 is 30.1 Å². The number of carboxylic acid groups (broad SMARTS) is 1. The van der Waals surface area contributed by atoms with E-state index in [-0.39, 0.29) is 12.5 Å². The summed E-state index contributed by atoms with van der Waals surface area (Å²) >= 11 is 1.50. The van der Waals surface area contributed by atoms with Crippen molar-refractivity contribution >= 4 is 29.7 Å². The summed E-state index contributed by atoms with van der Waals surface area (Å²) in [6, 6.07) is 14.2. The molecule has 1 aliphatic rings. The summed E-state index contributed by atoms with van der Waals surface area (Å²) in [7, 11) is 0. The van der Waals surface area contributed by atoms with Gasteiger partial charge in [-0.1, -0.05) is 55.5 Å². The molecule has 2 atom stereocenters. The summed E-state index contributed by atoms with van der Waals surface area (Å²) in [5, 5.41) is 14.4. The Morgan fingerprint density at radius 2 is 1.59 bits per heavy atom. The van der Waals surface area contributed by atoms with Crippen LogP contribution in [0.25, 0.3) is 11.1 Å². The first-order valence-electron chi connectivity index (χ1n) is 10.6. The van der Waals surface area contributed by atoms with Crippen molar-refractivity contribution in [1.82, 2.24) is 10.6 Å². The quantitative estimate of drug-likeness (QED) is 0.504. The lowest BCUT2D eigenvalue weighted by Crippen LogP contribution is -2.51. The average Bonchev–Trinajstić information content (AvgIpc) is 3.12. The third kappa shape index (κ3) is 5.43. The van der Waals surface area contributed by atoms with Crippen LogP contribution in [0.4, 0.5) is 4.79 Å². The second kappa shape index (κ2) is 11.0. The largest absolute Gasteiger partial charge is 0.480 e. The lowest BCUT2D eigenvalue weighted by Gasteiger charge is -2.21. The van der Waals surface area contributed by atoms with Gasteiger partial charge in [0.2, 0.25) is 5.91 Å². The van der Waals surface area contributed by atoms with Gasteiger partial charge >= 0.3 is 12.1 Å². The second-order valence-corrected chi connectivity index (χ2v) is 8.60. The highest BCUT2D eigenvalue weighted by Crippen LogP contribution is 2.44. The predicted octanol–water partition coefficient (Wildman–Crippen LogP) is 3.63. The molecule has 3 rings (SSSR count). The first-order valence-corrected chi connectivity index (χ1v) is 12.0. The number of carbonyl (C=O) groups is 3. The molecule has 0 heterocycles. The normalized spacial score (nSPS) is 14.1. The predicted molar refractivity (Wildman–Crippen MR) is 125 cm³/mol. The molecule has 2 aromatic rings. The summed E-state index contributed by atoms with van der Waals surface area (Å²) in [6.45, 7) is 1.88. The Morgan fingerprint density at radius 3 is 2.12 bits per heavy atom. The zero-order valence-corrected chi connectivity index (χ0v) is 19.0. The van der Waals surface area contributed by atoms with Crippen molar-refractivity contribution in [2.45, 2.75) is 37.8 Å². The molecular formula is C24H28N2O5S. The molecule has 2 aromatic carbocycles. The number of fused-ring (bicyclic) bond motifs is 3. The van der Waals surface area contributed by atoms with Crippen LogP contribution in [-0.4, -0.2) is 53.8 Å². The van der Waals surface area contributed by atoms with E-state index in [4.69, 9.17) is 4.74 Å². The maximum absolute atomic E-state index is 12.5. The number of ether oxygens (including phenoxy) is 1. The number of carboxylic acids is 1. The minimum atomic E-state index is -1.09. The van der Waals surface area contributed by atoms with Crippen molar-refractivity contribution < 1.29 is 24.2 Å². The van der Waals surface area contributed by atoms with E-state index in [1.165, 1.54) is 11.8 Å². The number of hydrogen-bond acceptors (Lipinski definition) is 5. The third-order valence-corrected chi connectivity index (χ3v) is 6.23. The van der Waals surface area contributed by atoms with Gasteiger partial charge in [-0.3, -0.25) is 4.79 Å². The number of benzene rings is 2. The lowest BCUT2D eigenvalue weighted by molar-refractivity contribution is -0.142. The topological polar surface area (TPSA) is 105 Å². The average molecular weight is 457 g/mol. The molecule has 7 nitrogen and oxygen atoms in total. The molecule has 1 aliphatic carbocycles. The number of amides is 2. The van der Waals surface area contributed by atoms with Crippen LogP contribution in [0.5, 0.6) is 0 Å².